The van der Waals surface area contributed by atoms with E-state index in [1.165, 1.54) is 5.56 Å². The fourth-order valence-corrected chi connectivity index (χ4v) is 2.99. The molecule has 1 aliphatic rings. The van der Waals surface area contributed by atoms with E-state index in [9.17, 15) is 0 Å². The molecule has 0 radical (unpaired) electrons. The van der Waals surface area contributed by atoms with Crippen LogP contribution in [0.4, 0.5) is 5.82 Å². The SMILES string of the molecule is c1ccc(CN2CCN(c3ccc(-n4cccn4)nn3)CC2)cc1. The van der Waals surface area contributed by atoms with Crippen LogP contribution in [0.25, 0.3) is 5.82 Å². The van der Waals surface area contributed by atoms with Crippen LogP contribution in [0.3, 0.4) is 0 Å². The van der Waals surface area contributed by atoms with Gasteiger partial charge < -0.3 is 4.90 Å². The largest absolute Gasteiger partial charge is 0.353 e. The van der Waals surface area contributed by atoms with Gasteiger partial charge in [0, 0.05) is 45.1 Å². The van der Waals surface area contributed by atoms with E-state index >= 15 is 0 Å². The van der Waals surface area contributed by atoms with Crippen molar-refractivity contribution in [2.75, 3.05) is 31.1 Å². The second-order valence-electron chi connectivity index (χ2n) is 5.95. The second-order valence-corrected chi connectivity index (χ2v) is 5.95. The first-order valence-corrected chi connectivity index (χ1v) is 8.23. The number of aromatic nitrogens is 4. The van der Waals surface area contributed by atoms with Crippen LogP contribution in [0.2, 0.25) is 0 Å². The van der Waals surface area contributed by atoms with Crippen LogP contribution < -0.4 is 4.90 Å². The highest BCUT2D eigenvalue weighted by atomic mass is 15.4. The van der Waals surface area contributed by atoms with Crippen LogP contribution in [0.1, 0.15) is 5.56 Å². The lowest BCUT2D eigenvalue weighted by atomic mass is 10.2. The molecule has 1 aliphatic heterocycles. The van der Waals surface area contributed by atoms with Gasteiger partial charge in [-0.1, -0.05) is 30.3 Å². The van der Waals surface area contributed by atoms with Gasteiger partial charge in [0.15, 0.2) is 11.6 Å². The highest BCUT2D eigenvalue weighted by molar-refractivity contribution is 5.40. The van der Waals surface area contributed by atoms with Gasteiger partial charge >= 0.3 is 0 Å². The Hall–Kier alpha value is -2.73. The molecule has 3 heterocycles. The van der Waals surface area contributed by atoms with Gasteiger partial charge in [0.2, 0.25) is 0 Å². The maximum atomic E-state index is 4.36. The van der Waals surface area contributed by atoms with Crippen LogP contribution in [-0.4, -0.2) is 51.1 Å². The van der Waals surface area contributed by atoms with Crippen molar-refractivity contribution in [2.45, 2.75) is 6.54 Å². The monoisotopic (exact) mass is 320 g/mol. The van der Waals surface area contributed by atoms with Crippen molar-refractivity contribution < 1.29 is 0 Å². The molecule has 0 aliphatic carbocycles. The summed E-state index contributed by atoms with van der Waals surface area (Å²) in [7, 11) is 0. The summed E-state index contributed by atoms with van der Waals surface area (Å²) in [6.45, 7) is 5.04. The van der Waals surface area contributed by atoms with E-state index in [2.05, 4.69) is 55.4 Å². The summed E-state index contributed by atoms with van der Waals surface area (Å²) in [5.41, 5.74) is 1.37. The van der Waals surface area contributed by atoms with Gasteiger partial charge in [0.05, 0.1) is 0 Å². The van der Waals surface area contributed by atoms with Crippen molar-refractivity contribution in [3.8, 4) is 5.82 Å². The molecule has 0 N–H and O–H groups in total. The number of benzene rings is 1. The molecule has 24 heavy (non-hydrogen) atoms. The molecule has 122 valence electrons. The average molecular weight is 320 g/mol. The summed E-state index contributed by atoms with van der Waals surface area (Å²) in [6.07, 6.45) is 3.60. The van der Waals surface area contributed by atoms with Crippen LogP contribution in [0.5, 0.6) is 0 Å². The third-order valence-electron chi connectivity index (χ3n) is 4.32. The standard InChI is InChI=1S/C18H20N6/c1-2-5-16(6-3-1)15-22-11-13-23(14-12-22)17-7-8-18(21-20-17)24-10-4-9-19-24/h1-10H,11-15H2. The van der Waals surface area contributed by atoms with Gasteiger partial charge in [0.1, 0.15) is 0 Å². The molecule has 0 atom stereocenters. The molecule has 1 saturated heterocycles. The molecule has 0 spiro atoms. The quantitative estimate of drug-likeness (QED) is 0.736. The summed E-state index contributed by atoms with van der Waals surface area (Å²) in [5, 5.41) is 12.8. The Morgan fingerprint density at radius 3 is 2.21 bits per heavy atom. The zero-order chi connectivity index (χ0) is 16.2. The Morgan fingerprint density at radius 2 is 1.54 bits per heavy atom. The first-order chi connectivity index (χ1) is 11.9. The normalized spacial score (nSPS) is 15.6. The minimum Gasteiger partial charge on any atom is -0.353 e. The Morgan fingerprint density at radius 1 is 0.792 bits per heavy atom. The molecule has 1 aromatic carbocycles. The summed E-state index contributed by atoms with van der Waals surface area (Å²) < 4.78 is 1.72. The van der Waals surface area contributed by atoms with Crippen molar-refractivity contribution >= 4 is 5.82 Å². The van der Waals surface area contributed by atoms with E-state index in [1.54, 1.807) is 10.9 Å². The van der Waals surface area contributed by atoms with Gasteiger partial charge in [0.25, 0.3) is 0 Å². The molecule has 4 rings (SSSR count). The highest BCUT2D eigenvalue weighted by Crippen LogP contribution is 2.15. The summed E-state index contributed by atoms with van der Waals surface area (Å²) in [5.74, 6) is 1.68. The highest BCUT2D eigenvalue weighted by Gasteiger charge is 2.18. The zero-order valence-corrected chi connectivity index (χ0v) is 13.5. The topological polar surface area (TPSA) is 50.1 Å². The number of anilines is 1. The predicted molar refractivity (Wildman–Crippen MR) is 93.1 cm³/mol. The third-order valence-corrected chi connectivity index (χ3v) is 4.32. The molecular weight excluding hydrogens is 300 g/mol. The maximum absolute atomic E-state index is 4.36. The summed E-state index contributed by atoms with van der Waals surface area (Å²) in [6, 6.07) is 16.5. The zero-order valence-electron chi connectivity index (χ0n) is 13.5. The summed E-state index contributed by atoms with van der Waals surface area (Å²) >= 11 is 0. The molecule has 2 aromatic heterocycles. The van der Waals surface area contributed by atoms with E-state index in [4.69, 9.17) is 0 Å². The lowest BCUT2D eigenvalue weighted by molar-refractivity contribution is 0.249. The number of hydrogen-bond acceptors (Lipinski definition) is 5. The first-order valence-electron chi connectivity index (χ1n) is 8.23. The Labute approximate surface area is 141 Å². The van der Waals surface area contributed by atoms with E-state index in [-0.39, 0.29) is 0 Å². The number of hydrogen-bond donors (Lipinski definition) is 0. The van der Waals surface area contributed by atoms with Crippen molar-refractivity contribution in [3.05, 3.63) is 66.5 Å². The molecule has 0 amide bonds. The van der Waals surface area contributed by atoms with E-state index in [1.807, 2.05) is 24.4 Å². The number of nitrogens with zero attached hydrogens (tertiary/aromatic N) is 6. The fourth-order valence-electron chi connectivity index (χ4n) is 2.99. The van der Waals surface area contributed by atoms with E-state index in [0.717, 1.165) is 44.4 Å². The van der Waals surface area contributed by atoms with E-state index < -0.39 is 0 Å². The fraction of sp³-hybridized carbons (Fsp3) is 0.278. The maximum Gasteiger partial charge on any atom is 0.175 e. The van der Waals surface area contributed by atoms with Crippen LogP contribution >= 0.6 is 0 Å². The van der Waals surface area contributed by atoms with Gasteiger partial charge in [-0.15, -0.1) is 10.2 Å². The second kappa shape index (κ2) is 6.80. The lowest BCUT2D eigenvalue weighted by Gasteiger charge is -2.35. The molecule has 3 aromatic rings. The molecule has 0 bridgehead atoms. The molecule has 0 saturated carbocycles. The van der Waals surface area contributed by atoms with Crippen molar-refractivity contribution in [3.63, 3.8) is 0 Å². The van der Waals surface area contributed by atoms with Crippen molar-refractivity contribution in [1.29, 1.82) is 0 Å². The summed E-state index contributed by atoms with van der Waals surface area (Å²) in [4.78, 5) is 4.78. The van der Waals surface area contributed by atoms with Gasteiger partial charge in [-0.05, 0) is 23.8 Å². The minimum atomic E-state index is 0.742. The van der Waals surface area contributed by atoms with Crippen molar-refractivity contribution in [2.24, 2.45) is 0 Å². The minimum absolute atomic E-state index is 0.742. The Balaban J connectivity index is 1.35. The Kier molecular flexibility index (Phi) is 4.20. The van der Waals surface area contributed by atoms with Crippen LogP contribution in [-0.2, 0) is 6.54 Å². The van der Waals surface area contributed by atoms with Gasteiger partial charge in [-0.2, -0.15) is 5.10 Å². The first kappa shape index (κ1) is 14.8. The van der Waals surface area contributed by atoms with Crippen LogP contribution in [0.15, 0.2) is 60.9 Å². The smallest absolute Gasteiger partial charge is 0.175 e. The average Bonchev–Trinajstić information content (AvgIpc) is 3.18. The van der Waals surface area contributed by atoms with Gasteiger partial charge in [-0.25, -0.2) is 4.68 Å². The van der Waals surface area contributed by atoms with Crippen molar-refractivity contribution in [1.82, 2.24) is 24.9 Å². The number of piperazine rings is 1. The molecule has 0 unspecified atom stereocenters. The van der Waals surface area contributed by atoms with Gasteiger partial charge in [-0.3, -0.25) is 4.90 Å². The van der Waals surface area contributed by atoms with E-state index in [0.29, 0.717) is 0 Å². The number of rotatable bonds is 4. The molecular formula is C18H20N6. The lowest BCUT2D eigenvalue weighted by Crippen LogP contribution is -2.46. The van der Waals surface area contributed by atoms with Crippen LogP contribution in [0, 0.1) is 0 Å². The molecule has 6 nitrogen and oxygen atoms in total. The third kappa shape index (κ3) is 3.28. The predicted octanol–water partition coefficient (Wildman–Crippen LogP) is 1.98. The Bertz CT molecular complexity index is 746. The molecule has 1 fully saturated rings. The molecule has 6 heteroatoms.